The average molecular weight is 543 g/mol. The number of hydrogen-bond acceptors (Lipinski definition) is 6. The summed E-state index contributed by atoms with van der Waals surface area (Å²) < 4.78 is 5.57. The van der Waals surface area contributed by atoms with Crippen molar-refractivity contribution in [3.63, 3.8) is 0 Å². The maximum absolute atomic E-state index is 6.37. The highest BCUT2D eigenvalue weighted by molar-refractivity contribution is 7.80. The van der Waals surface area contributed by atoms with Crippen LogP contribution in [0.3, 0.4) is 0 Å². The summed E-state index contributed by atoms with van der Waals surface area (Å²) in [5.74, 6) is 2.45. The van der Waals surface area contributed by atoms with Crippen molar-refractivity contribution in [3.8, 4) is 0 Å². The molecule has 0 bridgehead atoms. The van der Waals surface area contributed by atoms with Gasteiger partial charge >= 0.3 is 0 Å². The number of rotatable bonds is 6. The lowest BCUT2D eigenvalue weighted by Gasteiger charge is -2.38. The van der Waals surface area contributed by atoms with E-state index >= 15 is 0 Å². The largest absolute Gasteiger partial charge is 0.378 e. The van der Waals surface area contributed by atoms with E-state index in [0.717, 1.165) is 55.7 Å². The topological polar surface area (TPSA) is 65.6 Å². The lowest BCUT2D eigenvalue weighted by molar-refractivity contribution is 0.122. The van der Waals surface area contributed by atoms with Crippen LogP contribution >= 0.6 is 23.8 Å². The predicted molar refractivity (Wildman–Crippen MR) is 156 cm³/mol. The molecule has 9 heteroatoms. The molecule has 2 N–H and O–H groups in total. The van der Waals surface area contributed by atoms with E-state index < -0.39 is 0 Å². The predicted octanol–water partition coefficient (Wildman–Crippen LogP) is 5.53. The first-order chi connectivity index (χ1) is 18.0. The number of piperidine rings is 1. The zero-order chi connectivity index (χ0) is 25.7. The molecule has 3 aliphatic rings. The van der Waals surface area contributed by atoms with Crippen LogP contribution in [0.15, 0.2) is 30.3 Å². The van der Waals surface area contributed by atoms with E-state index in [1.54, 1.807) is 0 Å². The summed E-state index contributed by atoms with van der Waals surface area (Å²) in [5.41, 5.74) is 1.32. The maximum atomic E-state index is 6.37. The molecule has 200 valence electrons. The lowest BCUT2D eigenvalue weighted by Crippen LogP contribution is -2.44. The summed E-state index contributed by atoms with van der Waals surface area (Å²) in [4.78, 5) is 14.5. The highest BCUT2D eigenvalue weighted by atomic mass is 35.5. The van der Waals surface area contributed by atoms with Gasteiger partial charge in [-0.1, -0.05) is 43.0 Å². The second-order valence-electron chi connectivity index (χ2n) is 10.7. The van der Waals surface area contributed by atoms with Crippen molar-refractivity contribution < 1.29 is 4.74 Å². The van der Waals surface area contributed by atoms with Gasteiger partial charge in [0.2, 0.25) is 5.95 Å². The highest BCUT2D eigenvalue weighted by Gasteiger charge is 2.34. The molecule has 3 heterocycles. The van der Waals surface area contributed by atoms with Crippen molar-refractivity contribution in [2.45, 2.75) is 69.7 Å². The first-order valence-corrected chi connectivity index (χ1v) is 14.6. The monoisotopic (exact) mass is 542 g/mol. The van der Waals surface area contributed by atoms with E-state index in [1.165, 1.54) is 44.1 Å². The fraction of sp³-hybridized carbons (Fsp3) is 0.607. The summed E-state index contributed by atoms with van der Waals surface area (Å²) >= 11 is 12.2. The summed E-state index contributed by atoms with van der Waals surface area (Å²) in [6, 6.07) is 10.9. The van der Waals surface area contributed by atoms with E-state index in [-0.39, 0.29) is 5.41 Å². The summed E-state index contributed by atoms with van der Waals surface area (Å²) in [6.07, 6.45) is 9.62. The van der Waals surface area contributed by atoms with Crippen LogP contribution in [0.25, 0.3) is 0 Å². The molecule has 1 saturated carbocycles. The number of aromatic nitrogens is 2. The molecule has 5 rings (SSSR count). The van der Waals surface area contributed by atoms with Gasteiger partial charge in [0, 0.05) is 48.7 Å². The zero-order valence-electron chi connectivity index (χ0n) is 21.8. The molecule has 7 nitrogen and oxygen atoms in total. The summed E-state index contributed by atoms with van der Waals surface area (Å²) in [6.45, 7) is 7.16. The number of nitrogens with one attached hydrogen (secondary N) is 2. The van der Waals surface area contributed by atoms with Gasteiger partial charge < -0.3 is 25.2 Å². The van der Waals surface area contributed by atoms with Crippen molar-refractivity contribution in [2.24, 2.45) is 0 Å². The summed E-state index contributed by atoms with van der Waals surface area (Å²) in [7, 11) is 0. The van der Waals surface area contributed by atoms with Gasteiger partial charge in [-0.25, -0.2) is 0 Å². The molecule has 1 aliphatic carbocycles. The molecule has 0 radical (unpaired) electrons. The molecular formula is C28H39ClN6OS. The van der Waals surface area contributed by atoms with E-state index in [2.05, 4.69) is 51.6 Å². The van der Waals surface area contributed by atoms with Crippen LogP contribution in [-0.4, -0.2) is 60.5 Å². The maximum Gasteiger partial charge on any atom is 0.232 e. The van der Waals surface area contributed by atoms with Crippen molar-refractivity contribution in [2.75, 3.05) is 54.5 Å². The van der Waals surface area contributed by atoms with Crippen LogP contribution in [0.1, 0.15) is 63.9 Å². The molecule has 2 aromatic rings. The number of anilines is 3. The van der Waals surface area contributed by atoms with Gasteiger partial charge in [0.05, 0.1) is 13.2 Å². The van der Waals surface area contributed by atoms with E-state index in [0.29, 0.717) is 30.3 Å². The molecule has 1 aromatic heterocycles. The Labute approximate surface area is 231 Å². The van der Waals surface area contributed by atoms with E-state index in [1.807, 2.05) is 6.07 Å². The molecule has 0 spiro atoms. The van der Waals surface area contributed by atoms with Gasteiger partial charge in [0.15, 0.2) is 5.11 Å². The van der Waals surface area contributed by atoms with Gasteiger partial charge in [-0.05, 0) is 68.9 Å². The second-order valence-corrected chi connectivity index (χ2v) is 11.5. The number of ether oxygens (including phenoxy) is 1. The molecule has 0 amide bonds. The fourth-order valence-corrected chi connectivity index (χ4v) is 6.38. The van der Waals surface area contributed by atoms with E-state index in [4.69, 9.17) is 38.5 Å². The van der Waals surface area contributed by atoms with Gasteiger partial charge in [-0.15, -0.1) is 0 Å². The van der Waals surface area contributed by atoms with Crippen LogP contribution in [0, 0.1) is 0 Å². The Balaban J connectivity index is 1.33. The third kappa shape index (κ3) is 6.47. The fourth-order valence-electron chi connectivity index (χ4n) is 6.03. The van der Waals surface area contributed by atoms with Crippen LogP contribution in [0.5, 0.6) is 0 Å². The van der Waals surface area contributed by atoms with Crippen molar-refractivity contribution >= 4 is 46.5 Å². The summed E-state index contributed by atoms with van der Waals surface area (Å²) in [5, 5.41) is 8.19. The number of thiocarbonyl (C=S) groups is 1. The minimum absolute atomic E-state index is 0.0276. The average Bonchev–Trinajstić information content (AvgIpc) is 2.93. The molecule has 3 fully saturated rings. The first-order valence-electron chi connectivity index (χ1n) is 13.8. The number of benzene rings is 1. The van der Waals surface area contributed by atoms with Crippen LogP contribution in [0.2, 0.25) is 5.02 Å². The highest BCUT2D eigenvalue weighted by Crippen LogP contribution is 2.39. The Morgan fingerprint density at radius 3 is 2.59 bits per heavy atom. The molecule has 1 aromatic carbocycles. The molecule has 37 heavy (non-hydrogen) atoms. The number of halogens is 1. The SMILES string of the molecule is CC1CCCCN1c1cc(N2CCOCC2)nc(NC(=S)NCC2(c3cccc(Cl)c3)CCCCC2)n1. The minimum Gasteiger partial charge on any atom is -0.378 e. The Morgan fingerprint density at radius 2 is 1.84 bits per heavy atom. The number of nitrogens with zero attached hydrogens (tertiary/aromatic N) is 4. The first kappa shape index (κ1) is 26.4. The molecule has 2 saturated heterocycles. The second kappa shape index (κ2) is 12.1. The van der Waals surface area contributed by atoms with Gasteiger partial charge in [0.25, 0.3) is 0 Å². The Kier molecular flexibility index (Phi) is 8.67. The van der Waals surface area contributed by atoms with Crippen LogP contribution < -0.4 is 20.4 Å². The quantitative estimate of drug-likeness (QED) is 0.462. The van der Waals surface area contributed by atoms with Gasteiger partial charge in [-0.2, -0.15) is 9.97 Å². The minimum atomic E-state index is 0.0276. The number of hydrogen-bond donors (Lipinski definition) is 2. The van der Waals surface area contributed by atoms with Crippen LogP contribution in [0.4, 0.5) is 17.6 Å². The molecule has 2 aliphatic heterocycles. The van der Waals surface area contributed by atoms with Gasteiger partial charge in [0.1, 0.15) is 11.6 Å². The molecule has 1 atom stereocenters. The standard InChI is InChI=1S/C28H39ClN6OS/c1-21-8-3-6-13-35(21)25-19-24(34-14-16-36-17-15-34)31-26(32-25)33-27(37)30-20-28(11-4-2-5-12-28)22-9-7-10-23(29)18-22/h7,9-10,18-19,21H,2-6,8,11-17,20H2,1H3,(H2,30,31,32,33,37). The zero-order valence-corrected chi connectivity index (χ0v) is 23.4. The Bertz CT molecular complexity index is 1070. The van der Waals surface area contributed by atoms with Crippen LogP contribution in [-0.2, 0) is 10.2 Å². The van der Waals surface area contributed by atoms with Gasteiger partial charge in [-0.3, -0.25) is 0 Å². The van der Waals surface area contributed by atoms with Crippen molar-refractivity contribution in [1.29, 1.82) is 0 Å². The smallest absolute Gasteiger partial charge is 0.232 e. The molecule has 1 unspecified atom stereocenters. The molecular weight excluding hydrogens is 504 g/mol. The van der Waals surface area contributed by atoms with Crippen molar-refractivity contribution in [1.82, 2.24) is 15.3 Å². The lowest BCUT2D eigenvalue weighted by atomic mass is 9.69. The van der Waals surface area contributed by atoms with E-state index in [9.17, 15) is 0 Å². The number of morpholine rings is 1. The van der Waals surface area contributed by atoms with Crippen molar-refractivity contribution in [3.05, 3.63) is 40.9 Å². The Hall–Kier alpha value is -2.16. The normalized spacial score (nSPS) is 21.9. The Morgan fingerprint density at radius 1 is 1.05 bits per heavy atom. The third-order valence-corrected chi connectivity index (χ3v) is 8.67. The third-order valence-electron chi connectivity index (χ3n) is 8.19.